The molecule has 3 aromatic rings. The maximum absolute atomic E-state index is 12.2. The molecule has 178 valence electrons. The Morgan fingerprint density at radius 3 is 2.52 bits per heavy atom. The molecule has 1 aromatic heterocycles. The van der Waals surface area contributed by atoms with Gasteiger partial charge in [0, 0.05) is 0 Å². The molecule has 1 amide bonds. The first kappa shape index (κ1) is 24.4. The van der Waals surface area contributed by atoms with Crippen molar-refractivity contribution >= 4 is 17.2 Å². The summed E-state index contributed by atoms with van der Waals surface area (Å²) in [6, 6.07) is 11.3. The zero-order valence-corrected chi connectivity index (χ0v) is 20.0. The number of rotatable bonds is 8. The van der Waals surface area contributed by atoms with E-state index in [1.165, 1.54) is 0 Å². The minimum absolute atomic E-state index is 0.210. The number of hydrogen-bond donors (Lipinski definition) is 2. The van der Waals surface area contributed by atoms with Crippen LogP contribution in [0.15, 0.2) is 40.8 Å². The van der Waals surface area contributed by atoms with Gasteiger partial charge >= 0.3 is 6.09 Å². The molecule has 0 bridgehead atoms. The zero-order chi connectivity index (χ0) is 24.2. The summed E-state index contributed by atoms with van der Waals surface area (Å²) < 4.78 is 22.1. The number of aliphatic hydroxyl groups excluding tert-OH is 1. The Kier molecular flexibility index (Phi) is 7.17. The van der Waals surface area contributed by atoms with Crippen LogP contribution in [0, 0.1) is 0 Å². The highest BCUT2D eigenvalue weighted by atomic mass is 16.6. The lowest BCUT2D eigenvalue weighted by Gasteiger charge is -2.30. The highest BCUT2D eigenvalue weighted by Gasteiger charge is 2.28. The standard InChI is InChI=1S/C25H32N2O6/c1-24(2,3)33-23(29)27-25(4,15-28)13-12-16-10-11-19-18(14-16)26-22(32-19)17-8-7-9-20(30-5)21(17)31-6/h7-11,14,28H,12-13,15H2,1-6H3,(H,27,29). The molecule has 0 aliphatic carbocycles. The fourth-order valence-corrected chi connectivity index (χ4v) is 3.45. The van der Waals surface area contributed by atoms with E-state index in [0.29, 0.717) is 46.9 Å². The summed E-state index contributed by atoms with van der Waals surface area (Å²) in [5.41, 5.74) is 1.63. The first-order valence-electron chi connectivity index (χ1n) is 10.8. The number of aliphatic hydroxyl groups is 1. The van der Waals surface area contributed by atoms with Gasteiger partial charge in [0.1, 0.15) is 11.1 Å². The van der Waals surface area contributed by atoms with E-state index in [4.69, 9.17) is 18.6 Å². The third-order valence-electron chi connectivity index (χ3n) is 5.20. The molecule has 0 radical (unpaired) electrons. The van der Waals surface area contributed by atoms with Crippen molar-refractivity contribution in [1.29, 1.82) is 0 Å². The van der Waals surface area contributed by atoms with E-state index in [9.17, 15) is 9.90 Å². The maximum atomic E-state index is 12.2. The Bertz CT molecular complexity index is 1120. The fraction of sp³-hybridized carbons (Fsp3) is 0.440. The van der Waals surface area contributed by atoms with E-state index in [2.05, 4.69) is 10.3 Å². The molecule has 0 saturated heterocycles. The van der Waals surface area contributed by atoms with Gasteiger partial charge in [0.15, 0.2) is 17.1 Å². The number of aromatic nitrogens is 1. The molecule has 2 N–H and O–H groups in total. The first-order chi connectivity index (χ1) is 15.6. The molecule has 0 saturated carbocycles. The average Bonchev–Trinajstić information content (AvgIpc) is 3.19. The number of nitrogens with one attached hydrogen (secondary N) is 1. The average molecular weight is 457 g/mol. The van der Waals surface area contributed by atoms with Crippen molar-refractivity contribution < 1.29 is 28.5 Å². The summed E-state index contributed by atoms with van der Waals surface area (Å²) in [6.07, 6.45) is 0.582. The highest BCUT2D eigenvalue weighted by molar-refractivity contribution is 5.79. The molecular formula is C25H32N2O6. The third-order valence-corrected chi connectivity index (χ3v) is 5.20. The van der Waals surface area contributed by atoms with Crippen molar-refractivity contribution in [3.63, 3.8) is 0 Å². The molecule has 0 aliphatic rings. The molecule has 0 spiro atoms. The quantitative estimate of drug-likeness (QED) is 0.505. The summed E-state index contributed by atoms with van der Waals surface area (Å²) in [6.45, 7) is 6.97. The van der Waals surface area contributed by atoms with Gasteiger partial charge in [0.05, 0.1) is 31.9 Å². The van der Waals surface area contributed by atoms with Crippen LogP contribution in [-0.2, 0) is 11.2 Å². The monoisotopic (exact) mass is 456 g/mol. The molecule has 0 aliphatic heterocycles. The van der Waals surface area contributed by atoms with Crippen LogP contribution in [0.2, 0.25) is 0 Å². The Labute approximate surface area is 193 Å². The topological polar surface area (TPSA) is 103 Å². The normalized spacial score (nSPS) is 13.4. The van der Waals surface area contributed by atoms with Crippen LogP contribution >= 0.6 is 0 Å². The second kappa shape index (κ2) is 9.70. The molecule has 8 nitrogen and oxygen atoms in total. The number of aryl methyl sites for hydroxylation is 1. The minimum atomic E-state index is -0.819. The third kappa shape index (κ3) is 5.96. The summed E-state index contributed by atoms with van der Waals surface area (Å²) in [5.74, 6) is 1.59. The summed E-state index contributed by atoms with van der Waals surface area (Å²) in [4.78, 5) is 16.8. The van der Waals surface area contributed by atoms with Gasteiger partial charge in [0.2, 0.25) is 5.89 Å². The summed E-state index contributed by atoms with van der Waals surface area (Å²) in [7, 11) is 3.16. The number of fused-ring (bicyclic) bond motifs is 1. The molecule has 1 unspecified atom stereocenters. The number of hydrogen-bond acceptors (Lipinski definition) is 7. The van der Waals surface area contributed by atoms with Crippen LogP contribution in [0.3, 0.4) is 0 Å². The lowest BCUT2D eigenvalue weighted by molar-refractivity contribution is 0.0407. The molecule has 2 aromatic carbocycles. The number of para-hydroxylation sites is 1. The Balaban J connectivity index is 1.78. The van der Waals surface area contributed by atoms with Crippen molar-refractivity contribution in [2.45, 2.75) is 51.7 Å². The Morgan fingerprint density at radius 1 is 1.12 bits per heavy atom. The van der Waals surface area contributed by atoms with Gasteiger partial charge in [-0.05, 0) is 70.4 Å². The van der Waals surface area contributed by atoms with Crippen molar-refractivity contribution in [3.05, 3.63) is 42.0 Å². The van der Waals surface area contributed by atoms with Crippen molar-refractivity contribution in [2.75, 3.05) is 20.8 Å². The fourth-order valence-electron chi connectivity index (χ4n) is 3.45. The van der Waals surface area contributed by atoms with Crippen LogP contribution in [-0.4, -0.2) is 48.2 Å². The minimum Gasteiger partial charge on any atom is -0.493 e. The lowest BCUT2D eigenvalue weighted by atomic mass is 9.94. The van der Waals surface area contributed by atoms with Gasteiger partial charge < -0.3 is 29.1 Å². The van der Waals surface area contributed by atoms with E-state index in [1.54, 1.807) is 41.9 Å². The predicted octanol–water partition coefficient (Wildman–Crippen LogP) is 4.72. The smallest absolute Gasteiger partial charge is 0.408 e. The number of carbonyl (C=O) groups is 1. The highest BCUT2D eigenvalue weighted by Crippen LogP contribution is 2.38. The zero-order valence-electron chi connectivity index (χ0n) is 20.0. The van der Waals surface area contributed by atoms with E-state index in [1.807, 2.05) is 36.4 Å². The van der Waals surface area contributed by atoms with Crippen LogP contribution in [0.4, 0.5) is 4.79 Å². The number of ether oxygens (including phenoxy) is 3. The number of oxazole rings is 1. The number of benzene rings is 2. The van der Waals surface area contributed by atoms with E-state index in [-0.39, 0.29) is 6.61 Å². The van der Waals surface area contributed by atoms with Gasteiger partial charge in [-0.25, -0.2) is 9.78 Å². The second-order valence-corrected chi connectivity index (χ2v) is 9.21. The molecule has 3 rings (SSSR count). The van der Waals surface area contributed by atoms with Gasteiger partial charge in [0.25, 0.3) is 0 Å². The van der Waals surface area contributed by atoms with Gasteiger partial charge in [-0.2, -0.15) is 0 Å². The number of amides is 1. The van der Waals surface area contributed by atoms with Crippen LogP contribution in [0.25, 0.3) is 22.6 Å². The van der Waals surface area contributed by atoms with Gasteiger partial charge in [-0.3, -0.25) is 0 Å². The predicted molar refractivity (Wildman–Crippen MR) is 126 cm³/mol. The molecule has 33 heavy (non-hydrogen) atoms. The van der Waals surface area contributed by atoms with E-state index in [0.717, 1.165) is 5.56 Å². The lowest BCUT2D eigenvalue weighted by Crippen LogP contribution is -2.50. The van der Waals surface area contributed by atoms with Crippen LogP contribution in [0.5, 0.6) is 11.5 Å². The van der Waals surface area contributed by atoms with Crippen molar-refractivity contribution in [2.24, 2.45) is 0 Å². The number of alkyl carbamates (subject to hydrolysis) is 1. The summed E-state index contributed by atoms with van der Waals surface area (Å²) in [5, 5.41) is 12.7. The first-order valence-corrected chi connectivity index (χ1v) is 10.8. The molecular weight excluding hydrogens is 424 g/mol. The number of methoxy groups -OCH3 is 2. The molecule has 1 atom stereocenters. The SMILES string of the molecule is COc1cccc(-c2nc3cc(CCC(C)(CO)NC(=O)OC(C)(C)C)ccc3o2)c1OC. The van der Waals surface area contributed by atoms with Crippen molar-refractivity contribution in [1.82, 2.24) is 10.3 Å². The summed E-state index contributed by atoms with van der Waals surface area (Å²) >= 11 is 0. The molecule has 1 heterocycles. The van der Waals surface area contributed by atoms with E-state index < -0.39 is 17.2 Å². The van der Waals surface area contributed by atoms with Crippen molar-refractivity contribution in [3.8, 4) is 23.0 Å². The molecule has 0 fully saturated rings. The van der Waals surface area contributed by atoms with Crippen LogP contribution < -0.4 is 14.8 Å². The van der Waals surface area contributed by atoms with Gasteiger partial charge in [-0.1, -0.05) is 12.1 Å². The number of nitrogens with zero attached hydrogens (tertiary/aromatic N) is 1. The van der Waals surface area contributed by atoms with Gasteiger partial charge in [-0.15, -0.1) is 0 Å². The van der Waals surface area contributed by atoms with E-state index >= 15 is 0 Å². The second-order valence-electron chi connectivity index (χ2n) is 9.21. The Morgan fingerprint density at radius 2 is 1.88 bits per heavy atom. The number of carbonyl (C=O) groups excluding carboxylic acids is 1. The molecule has 8 heteroatoms. The maximum Gasteiger partial charge on any atom is 0.408 e. The van der Waals surface area contributed by atoms with Crippen LogP contribution in [0.1, 0.15) is 39.7 Å². The largest absolute Gasteiger partial charge is 0.493 e. The Hall–Kier alpha value is -3.26.